The van der Waals surface area contributed by atoms with E-state index in [1.807, 2.05) is 6.92 Å². The molecule has 3 rings (SSSR count). The third kappa shape index (κ3) is 1.64. The molecule has 0 unspecified atom stereocenters. The molecule has 1 atom stereocenters. The van der Waals surface area contributed by atoms with E-state index in [1.165, 1.54) is 0 Å². The number of hydrogen-bond acceptors (Lipinski definition) is 5. The van der Waals surface area contributed by atoms with Crippen molar-refractivity contribution < 1.29 is 5.11 Å². The van der Waals surface area contributed by atoms with Crippen LogP contribution in [0, 0.1) is 6.92 Å². The first-order valence-corrected chi connectivity index (χ1v) is 5.85. The molecule has 3 heterocycles. The number of aliphatic hydroxyl groups is 1. The molecular weight excluding hydrogens is 218 g/mol. The van der Waals surface area contributed by atoms with Gasteiger partial charge in [0.1, 0.15) is 11.6 Å². The summed E-state index contributed by atoms with van der Waals surface area (Å²) in [4.78, 5) is 11.0. The van der Waals surface area contributed by atoms with Crippen LogP contribution in [0.25, 0.3) is 11.0 Å². The largest absolute Gasteiger partial charge is 0.394 e. The fourth-order valence-electron chi connectivity index (χ4n) is 2.45. The van der Waals surface area contributed by atoms with Crippen LogP contribution >= 0.6 is 0 Å². The topological polar surface area (TPSA) is 77.9 Å². The van der Waals surface area contributed by atoms with Crippen molar-refractivity contribution in [2.45, 2.75) is 25.8 Å². The first kappa shape index (κ1) is 10.5. The Balaban J connectivity index is 2.12. The van der Waals surface area contributed by atoms with Crippen molar-refractivity contribution in [2.75, 3.05) is 18.1 Å². The number of aromatic nitrogens is 4. The lowest BCUT2D eigenvalue weighted by molar-refractivity contribution is 0.266. The van der Waals surface area contributed by atoms with Crippen LogP contribution in [0.2, 0.25) is 0 Å². The Kier molecular flexibility index (Phi) is 2.44. The number of H-pyrrole nitrogens is 1. The number of nitrogens with one attached hydrogen (secondary N) is 1. The molecule has 6 nitrogen and oxygen atoms in total. The highest BCUT2D eigenvalue weighted by atomic mass is 16.3. The molecule has 0 saturated carbocycles. The maximum Gasteiger partial charge on any atom is 0.161 e. The van der Waals surface area contributed by atoms with Crippen molar-refractivity contribution >= 4 is 16.9 Å². The average Bonchev–Trinajstić information content (AvgIpc) is 2.95. The fourth-order valence-corrected chi connectivity index (χ4v) is 2.45. The van der Waals surface area contributed by atoms with Gasteiger partial charge in [0.05, 0.1) is 24.2 Å². The van der Waals surface area contributed by atoms with Crippen LogP contribution in [0.1, 0.15) is 18.7 Å². The van der Waals surface area contributed by atoms with E-state index in [9.17, 15) is 5.11 Å². The van der Waals surface area contributed by atoms with Crippen LogP contribution in [-0.2, 0) is 0 Å². The molecule has 1 aliphatic rings. The molecule has 1 fully saturated rings. The van der Waals surface area contributed by atoms with Crippen LogP contribution in [-0.4, -0.2) is 44.5 Å². The van der Waals surface area contributed by atoms with Gasteiger partial charge < -0.3 is 10.0 Å². The first-order valence-electron chi connectivity index (χ1n) is 5.85. The van der Waals surface area contributed by atoms with E-state index in [1.54, 1.807) is 6.20 Å². The van der Waals surface area contributed by atoms with Gasteiger partial charge in [0.2, 0.25) is 0 Å². The van der Waals surface area contributed by atoms with Gasteiger partial charge in [0, 0.05) is 6.54 Å². The summed E-state index contributed by atoms with van der Waals surface area (Å²) in [5.41, 5.74) is 0.760. The molecule has 0 amide bonds. The van der Waals surface area contributed by atoms with Gasteiger partial charge in [-0.05, 0) is 19.8 Å². The van der Waals surface area contributed by atoms with E-state index in [-0.39, 0.29) is 12.6 Å². The summed E-state index contributed by atoms with van der Waals surface area (Å²) >= 11 is 0. The Morgan fingerprint density at radius 1 is 1.53 bits per heavy atom. The number of anilines is 1. The number of nitrogens with zero attached hydrogens (tertiary/aromatic N) is 4. The lowest BCUT2D eigenvalue weighted by atomic mass is 10.2. The maximum absolute atomic E-state index is 9.38. The second-order valence-electron chi connectivity index (χ2n) is 4.40. The summed E-state index contributed by atoms with van der Waals surface area (Å²) in [6.45, 7) is 2.97. The molecule has 2 N–H and O–H groups in total. The lowest BCUT2D eigenvalue weighted by Crippen LogP contribution is -2.33. The number of aryl methyl sites for hydroxylation is 1. The quantitative estimate of drug-likeness (QED) is 0.795. The van der Waals surface area contributed by atoms with Crippen molar-refractivity contribution in [3.8, 4) is 0 Å². The van der Waals surface area contributed by atoms with Gasteiger partial charge in [-0.1, -0.05) is 0 Å². The Hall–Kier alpha value is -1.69. The lowest BCUT2D eigenvalue weighted by Gasteiger charge is -2.24. The summed E-state index contributed by atoms with van der Waals surface area (Å²) in [6.07, 6.45) is 3.85. The van der Waals surface area contributed by atoms with Crippen molar-refractivity contribution in [1.82, 2.24) is 20.2 Å². The van der Waals surface area contributed by atoms with Gasteiger partial charge in [0.25, 0.3) is 0 Å². The Bertz CT molecular complexity index is 538. The third-order valence-corrected chi connectivity index (χ3v) is 3.26. The second kappa shape index (κ2) is 3.96. The molecule has 90 valence electrons. The number of aliphatic hydroxyl groups excluding tert-OH is 1. The monoisotopic (exact) mass is 233 g/mol. The zero-order valence-corrected chi connectivity index (χ0v) is 9.72. The predicted molar refractivity (Wildman–Crippen MR) is 63.9 cm³/mol. The SMILES string of the molecule is Cc1nc(N2CCC[C@@H]2CO)c2cn[nH]c2n1. The summed E-state index contributed by atoms with van der Waals surface area (Å²) < 4.78 is 0. The van der Waals surface area contributed by atoms with Crippen molar-refractivity contribution in [3.05, 3.63) is 12.0 Å². The summed E-state index contributed by atoms with van der Waals surface area (Å²) in [7, 11) is 0. The van der Waals surface area contributed by atoms with E-state index >= 15 is 0 Å². The third-order valence-electron chi connectivity index (χ3n) is 3.26. The van der Waals surface area contributed by atoms with E-state index in [0.717, 1.165) is 42.1 Å². The molecule has 0 aromatic carbocycles. The maximum atomic E-state index is 9.38. The second-order valence-corrected chi connectivity index (χ2v) is 4.40. The summed E-state index contributed by atoms with van der Waals surface area (Å²) in [5, 5.41) is 17.2. The molecule has 1 saturated heterocycles. The molecule has 1 aliphatic heterocycles. The van der Waals surface area contributed by atoms with E-state index in [0.29, 0.717) is 0 Å². The van der Waals surface area contributed by atoms with Gasteiger partial charge in [-0.15, -0.1) is 0 Å². The van der Waals surface area contributed by atoms with E-state index in [2.05, 4.69) is 25.1 Å². The van der Waals surface area contributed by atoms with Crippen LogP contribution in [0.4, 0.5) is 5.82 Å². The smallest absolute Gasteiger partial charge is 0.161 e. The molecule has 0 aliphatic carbocycles. The first-order chi connectivity index (χ1) is 8.29. The number of fused-ring (bicyclic) bond motifs is 1. The molecule has 0 spiro atoms. The standard InChI is InChI=1S/C11H15N5O/c1-7-13-10-9(5-12-15-10)11(14-7)16-4-2-3-8(16)6-17/h5,8,17H,2-4,6H2,1H3,(H,12,13,14,15)/t8-/m1/s1. The van der Waals surface area contributed by atoms with Crippen LogP contribution in [0.5, 0.6) is 0 Å². The Morgan fingerprint density at radius 2 is 2.41 bits per heavy atom. The minimum Gasteiger partial charge on any atom is -0.394 e. The van der Waals surface area contributed by atoms with Crippen molar-refractivity contribution in [2.24, 2.45) is 0 Å². The number of rotatable bonds is 2. The van der Waals surface area contributed by atoms with E-state index < -0.39 is 0 Å². The minimum absolute atomic E-state index is 0.169. The number of aromatic amines is 1. The number of hydrogen-bond donors (Lipinski definition) is 2. The van der Waals surface area contributed by atoms with Gasteiger partial charge in [-0.2, -0.15) is 5.10 Å². The fraction of sp³-hybridized carbons (Fsp3) is 0.545. The van der Waals surface area contributed by atoms with Crippen molar-refractivity contribution in [3.63, 3.8) is 0 Å². The molecule has 17 heavy (non-hydrogen) atoms. The molecule has 0 bridgehead atoms. The Morgan fingerprint density at radius 3 is 3.24 bits per heavy atom. The zero-order valence-electron chi connectivity index (χ0n) is 9.72. The summed E-state index contributed by atoms with van der Waals surface area (Å²) in [6, 6.07) is 0.169. The van der Waals surface area contributed by atoms with Crippen LogP contribution in [0.3, 0.4) is 0 Å². The molecule has 0 radical (unpaired) electrons. The normalized spacial score (nSPS) is 20.4. The van der Waals surface area contributed by atoms with Gasteiger partial charge in [-0.3, -0.25) is 5.10 Å². The summed E-state index contributed by atoms with van der Waals surface area (Å²) in [5.74, 6) is 1.61. The van der Waals surface area contributed by atoms with Gasteiger partial charge in [-0.25, -0.2) is 9.97 Å². The van der Waals surface area contributed by atoms with Crippen LogP contribution < -0.4 is 4.90 Å². The Labute approximate surface area is 98.7 Å². The highest BCUT2D eigenvalue weighted by molar-refractivity contribution is 5.86. The van der Waals surface area contributed by atoms with Gasteiger partial charge in [0.15, 0.2) is 5.65 Å². The van der Waals surface area contributed by atoms with Crippen molar-refractivity contribution in [1.29, 1.82) is 0 Å². The molecule has 2 aromatic rings. The van der Waals surface area contributed by atoms with E-state index in [4.69, 9.17) is 0 Å². The average molecular weight is 233 g/mol. The highest BCUT2D eigenvalue weighted by Gasteiger charge is 2.27. The molecule has 2 aromatic heterocycles. The highest BCUT2D eigenvalue weighted by Crippen LogP contribution is 2.28. The molecule has 6 heteroatoms. The molecular formula is C11H15N5O. The van der Waals surface area contributed by atoms with Gasteiger partial charge >= 0.3 is 0 Å². The predicted octanol–water partition coefficient (Wildman–Crippen LogP) is 0.622. The zero-order chi connectivity index (χ0) is 11.8. The minimum atomic E-state index is 0.169. The van der Waals surface area contributed by atoms with Crippen LogP contribution in [0.15, 0.2) is 6.20 Å².